The minimum atomic E-state index is 0.586. The summed E-state index contributed by atoms with van der Waals surface area (Å²) in [7, 11) is 0. The van der Waals surface area contributed by atoms with Gasteiger partial charge in [-0.1, -0.05) is 25.1 Å². The Labute approximate surface area is 126 Å². The molecule has 3 rings (SSSR count). The van der Waals surface area contributed by atoms with Crippen LogP contribution in [0.4, 0.5) is 0 Å². The summed E-state index contributed by atoms with van der Waals surface area (Å²) in [6.07, 6.45) is 5.88. The first-order valence-corrected chi connectivity index (χ1v) is 7.75. The van der Waals surface area contributed by atoms with Crippen LogP contribution in [0.25, 0.3) is 5.69 Å². The minimum Gasteiger partial charge on any atom is -0.309 e. The maximum atomic E-state index is 4.24. The van der Waals surface area contributed by atoms with Crippen molar-refractivity contribution in [2.75, 3.05) is 19.6 Å². The lowest BCUT2D eigenvalue weighted by molar-refractivity contribution is 0.198. The summed E-state index contributed by atoms with van der Waals surface area (Å²) in [5.41, 5.74) is 2.36. The number of nitrogens with one attached hydrogen (secondary N) is 1. The second-order valence-electron chi connectivity index (χ2n) is 5.58. The van der Waals surface area contributed by atoms with Gasteiger partial charge in [-0.25, -0.2) is 9.67 Å². The molecule has 0 unspecified atom stereocenters. The average molecular weight is 285 g/mol. The topological polar surface area (TPSA) is 46.0 Å². The van der Waals surface area contributed by atoms with Gasteiger partial charge in [0.25, 0.3) is 0 Å². The van der Waals surface area contributed by atoms with Crippen LogP contribution in [0.5, 0.6) is 0 Å². The molecule has 0 aliphatic carbocycles. The van der Waals surface area contributed by atoms with Crippen molar-refractivity contribution in [3.05, 3.63) is 42.5 Å². The highest BCUT2D eigenvalue weighted by atomic mass is 15.3. The quantitative estimate of drug-likeness (QED) is 0.910. The Balaban J connectivity index is 1.66. The number of benzene rings is 1. The predicted octanol–water partition coefficient (Wildman–Crippen LogP) is 1.84. The number of hydrogen-bond donors (Lipinski definition) is 1. The van der Waals surface area contributed by atoms with Crippen LogP contribution in [-0.4, -0.2) is 45.3 Å². The van der Waals surface area contributed by atoms with Gasteiger partial charge >= 0.3 is 0 Å². The summed E-state index contributed by atoms with van der Waals surface area (Å²) in [5, 5.41) is 7.94. The van der Waals surface area contributed by atoms with E-state index in [1.165, 1.54) is 24.9 Å². The second kappa shape index (κ2) is 6.83. The molecule has 2 heterocycles. The van der Waals surface area contributed by atoms with Crippen molar-refractivity contribution in [2.45, 2.75) is 32.4 Å². The molecule has 0 bridgehead atoms. The fourth-order valence-corrected chi connectivity index (χ4v) is 2.98. The molecule has 0 radical (unpaired) electrons. The molecule has 1 atom stereocenters. The van der Waals surface area contributed by atoms with E-state index in [1.54, 1.807) is 12.7 Å². The summed E-state index contributed by atoms with van der Waals surface area (Å²) in [6, 6.07) is 8.95. The van der Waals surface area contributed by atoms with Gasteiger partial charge in [0.15, 0.2) is 0 Å². The van der Waals surface area contributed by atoms with Crippen LogP contribution in [0.15, 0.2) is 36.9 Å². The Kier molecular flexibility index (Phi) is 4.62. The third-order valence-corrected chi connectivity index (χ3v) is 4.19. The van der Waals surface area contributed by atoms with Crippen LogP contribution in [0, 0.1) is 0 Å². The van der Waals surface area contributed by atoms with Gasteiger partial charge in [0.05, 0.1) is 5.69 Å². The zero-order chi connectivity index (χ0) is 14.5. The highest BCUT2D eigenvalue weighted by molar-refractivity contribution is 5.39. The van der Waals surface area contributed by atoms with Crippen molar-refractivity contribution >= 4 is 0 Å². The minimum absolute atomic E-state index is 0.586. The number of aromatic nitrogens is 3. The predicted molar refractivity (Wildman–Crippen MR) is 83.3 cm³/mol. The van der Waals surface area contributed by atoms with E-state index < -0.39 is 0 Å². The first-order valence-electron chi connectivity index (χ1n) is 7.75. The van der Waals surface area contributed by atoms with Crippen LogP contribution in [0.1, 0.15) is 25.3 Å². The Morgan fingerprint density at radius 1 is 1.33 bits per heavy atom. The Morgan fingerprint density at radius 2 is 2.24 bits per heavy atom. The Bertz CT molecular complexity index is 552. The first kappa shape index (κ1) is 14.2. The van der Waals surface area contributed by atoms with E-state index in [-0.39, 0.29) is 0 Å². The zero-order valence-electron chi connectivity index (χ0n) is 12.6. The van der Waals surface area contributed by atoms with E-state index in [0.717, 1.165) is 25.3 Å². The van der Waals surface area contributed by atoms with Crippen LogP contribution in [0.2, 0.25) is 0 Å². The molecule has 5 heteroatoms. The van der Waals surface area contributed by atoms with Gasteiger partial charge in [-0.3, -0.25) is 0 Å². The van der Waals surface area contributed by atoms with Gasteiger partial charge in [-0.2, -0.15) is 5.10 Å². The fourth-order valence-electron chi connectivity index (χ4n) is 2.98. The van der Waals surface area contributed by atoms with Gasteiger partial charge < -0.3 is 10.2 Å². The molecule has 1 saturated heterocycles. The van der Waals surface area contributed by atoms with Crippen molar-refractivity contribution in [3.8, 4) is 5.69 Å². The van der Waals surface area contributed by atoms with Gasteiger partial charge in [-0.15, -0.1) is 0 Å². The third-order valence-electron chi connectivity index (χ3n) is 4.19. The smallest absolute Gasteiger partial charge is 0.138 e. The molecule has 112 valence electrons. The van der Waals surface area contributed by atoms with Crippen LogP contribution in [0.3, 0.4) is 0 Å². The second-order valence-corrected chi connectivity index (χ2v) is 5.58. The molecular formula is C16H23N5. The monoisotopic (exact) mass is 285 g/mol. The SMILES string of the molecule is CCN1CCC[C@H](NCc2ccccc2-n2cncn2)C1. The molecule has 0 spiro atoms. The van der Waals surface area contributed by atoms with Crippen molar-refractivity contribution in [1.29, 1.82) is 0 Å². The van der Waals surface area contributed by atoms with Crippen LogP contribution >= 0.6 is 0 Å². The molecule has 1 fully saturated rings. The van der Waals surface area contributed by atoms with Gasteiger partial charge in [0.1, 0.15) is 12.7 Å². The van der Waals surface area contributed by atoms with Crippen molar-refractivity contribution in [1.82, 2.24) is 25.0 Å². The summed E-state index contributed by atoms with van der Waals surface area (Å²) < 4.78 is 1.83. The molecule has 1 N–H and O–H groups in total. The highest BCUT2D eigenvalue weighted by Crippen LogP contribution is 2.15. The summed E-state index contributed by atoms with van der Waals surface area (Å²) >= 11 is 0. The summed E-state index contributed by atoms with van der Waals surface area (Å²) in [4.78, 5) is 6.55. The Morgan fingerprint density at radius 3 is 3.05 bits per heavy atom. The molecule has 0 amide bonds. The normalized spacial score (nSPS) is 19.8. The lowest BCUT2D eigenvalue weighted by Gasteiger charge is -2.32. The summed E-state index contributed by atoms with van der Waals surface area (Å²) in [5.74, 6) is 0. The highest BCUT2D eigenvalue weighted by Gasteiger charge is 2.18. The van der Waals surface area contributed by atoms with Crippen LogP contribution < -0.4 is 5.32 Å². The molecule has 1 aliphatic heterocycles. The zero-order valence-corrected chi connectivity index (χ0v) is 12.6. The third kappa shape index (κ3) is 3.49. The van der Waals surface area contributed by atoms with E-state index >= 15 is 0 Å². The fraction of sp³-hybridized carbons (Fsp3) is 0.500. The molecule has 1 aromatic heterocycles. The number of piperidine rings is 1. The molecule has 21 heavy (non-hydrogen) atoms. The van der Waals surface area contributed by atoms with Crippen molar-refractivity contribution in [2.24, 2.45) is 0 Å². The standard InChI is InChI=1S/C16H23N5/c1-2-20-9-5-7-15(11-20)18-10-14-6-3-4-8-16(14)21-13-17-12-19-21/h3-4,6,8,12-13,15,18H,2,5,7,9-11H2,1H3/t15-/m0/s1. The number of para-hydroxylation sites is 1. The molecular weight excluding hydrogens is 262 g/mol. The molecule has 1 aromatic carbocycles. The number of hydrogen-bond acceptors (Lipinski definition) is 4. The maximum absolute atomic E-state index is 4.24. The first-order chi connectivity index (χ1) is 10.4. The Hall–Kier alpha value is -1.72. The average Bonchev–Trinajstić information content (AvgIpc) is 3.08. The molecule has 2 aromatic rings. The van der Waals surface area contributed by atoms with E-state index in [9.17, 15) is 0 Å². The van der Waals surface area contributed by atoms with Gasteiger partial charge in [-0.05, 0) is 37.6 Å². The van der Waals surface area contributed by atoms with E-state index in [1.807, 2.05) is 10.7 Å². The van der Waals surface area contributed by atoms with E-state index in [0.29, 0.717) is 6.04 Å². The molecule has 0 saturated carbocycles. The number of likely N-dealkylation sites (N-methyl/N-ethyl adjacent to an activating group) is 1. The van der Waals surface area contributed by atoms with Gasteiger partial charge in [0.2, 0.25) is 0 Å². The molecule has 1 aliphatic rings. The van der Waals surface area contributed by atoms with E-state index in [4.69, 9.17) is 0 Å². The number of nitrogens with zero attached hydrogens (tertiary/aromatic N) is 4. The number of likely N-dealkylation sites (tertiary alicyclic amines) is 1. The lowest BCUT2D eigenvalue weighted by Crippen LogP contribution is -2.45. The summed E-state index contributed by atoms with van der Waals surface area (Å²) in [6.45, 7) is 6.65. The van der Waals surface area contributed by atoms with E-state index in [2.05, 4.69) is 45.4 Å². The van der Waals surface area contributed by atoms with Crippen molar-refractivity contribution < 1.29 is 0 Å². The molecule has 5 nitrogen and oxygen atoms in total. The van der Waals surface area contributed by atoms with Crippen molar-refractivity contribution in [3.63, 3.8) is 0 Å². The maximum Gasteiger partial charge on any atom is 0.138 e. The van der Waals surface area contributed by atoms with Gasteiger partial charge in [0, 0.05) is 19.1 Å². The number of rotatable bonds is 5. The van der Waals surface area contributed by atoms with Crippen LogP contribution in [-0.2, 0) is 6.54 Å². The largest absolute Gasteiger partial charge is 0.309 e. The lowest BCUT2D eigenvalue weighted by atomic mass is 10.1.